The molecule has 15 heteroatoms. The number of ether oxygens (including phenoxy) is 2. The van der Waals surface area contributed by atoms with Gasteiger partial charge in [0.15, 0.2) is 0 Å². The summed E-state index contributed by atoms with van der Waals surface area (Å²) in [5.74, 6) is 0.154. The van der Waals surface area contributed by atoms with Crippen LogP contribution in [0.2, 0.25) is 5.02 Å². The van der Waals surface area contributed by atoms with Gasteiger partial charge in [0.2, 0.25) is 5.43 Å². The Morgan fingerprint density at radius 2 is 1.49 bits per heavy atom. The minimum atomic E-state index is -4.80. The van der Waals surface area contributed by atoms with Gasteiger partial charge in [-0.05, 0) is 48.9 Å². The van der Waals surface area contributed by atoms with Crippen LogP contribution in [0.4, 0.5) is 13.2 Å². The molecule has 0 aliphatic carbocycles. The van der Waals surface area contributed by atoms with Gasteiger partial charge < -0.3 is 27.1 Å². The van der Waals surface area contributed by atoms with Gasteiger partial charge in [-0.15, -0.1) is 13.2 Å². The number of alkyl halides is 3. The Morgan fingerprint density at radius 3 is 1.97 bits per heavy atom. The number of phosphoric ester groups is 1. The molecule has 2 aromatic carbocycles. The van der Waals surface area contributed by atoms with Gasteiger partial charge >= 0.3 is 73.3 Å². The summed E-state index contributed by atoms with van der Waals surface area (Å²) in [6, 6.07) is 10.8. The maximum atomic E-state index is 12.7. The minimum absolute atomic E-state index is 0. The molecule has 0 bridgehead atoms. The van der Waals surface area contributed by atoms with Crippen molar-refractivity contribution in [3.63, 3.8) is 0 Å². The van der Waals surface area contributed by atoms with E-state index in [0.29, 0.717) is 17.0 Å². The van der Waals surface area contributed by atoms with Crippen molar-refractivity contribution >= 4 is 19.4 Å². The zero-order valence-corrected chi connectivity index (χ0v) is 24.4. The van der Waals surface area contributed by atoms with Crippen LogP contribution < -0.4 is 74.0 Å². The van der Waals surface area contributed by atoms with E-state index in [1.807, 2.05) is 0 Å². The predicted molar refractivity (Wildman–Crippen MR) is 115 cm³/mol. The van der Waals surface area contributed by atoms with Gasteiger partial charge in [0, 0.05) is 5.69 Å². The third-order valence-corrected chi connectivity index (χ3v) is 5.13. The first-order valence-corrected chi connectivity index (χ1v) is 11.0. The molecule has 1 heterocycles. The zero-order valence-electron chi connectivity index (χ0n) is 20.7. The van der Waals surface area contributed by atoms with E-state index < -0.39 is 32.0 Å². The molecule has 0 atom stereocenters. The van der Waals surface area contributed by atoms with Crippen molar-refractivity contribution in [1.29, 1.82) is 0 Å². The van der Waals surface area contributed by atoms with Crippen LogP contribution in [0.25, 0.3) is 11.1 Å². The fourth-order valence-electron chi connectivity index (χ4n) is 2.86. The minimum Gasteiger partial charge on any atom is -1.00 e. The number of hydrogen-bond acceptors (Lipinski definition) is 5. The largest absolute Gasteiger partial charge is 1.00 e. The number of H-pyrrole nitrogens is 1. The summed E-state index contributed by atoms with van der Waals surface area (Å²) in [5, 5.41) is -0.0913. The Bertz CT molecular complexity index is 1260. The van der Waals surface area contributed by atoms with Crippen LogP contribution in [0, 0.1) is 6.92 Å². The van der Waals surface area contributed by atoms with Crippen LogP contribution in [0.5, 0.6) is 17.2 Å². The summed E-state index contributed by atoms with van der Waals surface area (Å²) in [5.41, 5.74) is 0.265. The molecule has 0 spiro atoms. The molecule has 0 saturated heterocycles. The molecule has 8 nitrogen and oxygen atoms in total. The molecular formula is C20H18ClF3NNa2O7P. The van der Waals surface area contributed by atoms with Crippen LogP contribution in [0.3, 0.4) is 0 Å². The average Bonchev–Trinajstić information content (AvgIpc) is 2.71. The van der Waals surface area contributed by atoms with Gasteiger partial charge in [-0.25, -0.2) is 4.57 Å². The Hall–Kier alpha value is -0.820. The molecule has 0 aliphatic heterocycles. The van der Waals surface area contributed by atoms with Crippen molar-refractivity contribution in [3.8, 4) is 28.4 Å². The number of benzene rings is 2. The Balaban J connectivity index is 0. The molecule has 3 aromatic rings. The van der Waals surface area contributed by atoms with Crippen molar-refractivity contribution in [2.24, 2.45) is 0 Å². The fraction of sp³-hybridized carbons (Fsp3) is 0.150. The molecule has 180 valence electrons. The van der Waals surface area contributed by atoms with Gasteiger partial charge in [-0.3, -0.25) is 9.32 Å². The fourth-order valence-corrected chi connectivity index (χ4v) is 3.30. The molecule has 35 heavy (non-hydrogen) atoms. The molecule has 1 aromatic heterocycles. The third kappa shape index (κ3) is 9.53. The van der Waals surface area contributed by atoms with E-state index in [1.165, 1.54) is 43.3 Å². The molecule has 3 N–H and O–H groups in total. The normalized spacial score (nSPS) is 11.3. The predicted octanol–water partition coefficient (Wildman–Crippen LogP) is -0.463. The van der Waals surface area contributed by atoms with E-state index >= 15 is 0 Å². The number of pyridine rings is 1. The smallest absolute Gasteiger partial charge is 1.00 e. The zero-order chi connectivity index (χ0) is 24.4. The van der Waals surface area contributed by atoms with Crippen molar-refractivity contribution in [2.75, 3.05) is 0 Å². The molecule has 0 unspecified atom stereocenters. The quantitative estimate of drug-likeness (QED) is 0.268. The second-order valence-corrected chi connectivity index (χ2v) is 8.27. The molecular weight excluding hydrogens is 536 g/mol. The molecule has 0 aliphatic rings. The SMILES string of the molecule is Cc1[nH]c(COP(=O)(O)O)c(-c2ccc(Oc3ccc(OC(F)(F)F)cc3)cc2)c(=O)c1Cl.[H-].[H-].[Na+].[Na+]. The Kier molecular flexibility index (Phi) is 12.1. The summed E-state index contributed by atoms with van der Waals surface area (Å²) < 4.78 is 61.7. The van der Waals surface area contributed by atoms with Crippen molar-refractivity contribution in [1.82, 2.24) is 4.98 Å². The summed E-state index contributed by atoms with van der Waals surface area (Å²) >= 11 is 6.04. The second kappa shape index (κ2) is 13.1. The van der Waals surface area contributed by atoms with E-state index in [4.69, 9.17) is 26.1 Å². The summed E-state index contributed by atoms with van der Waals surface area (Å²) in [6.07, 6.45) is -4.80. The van der Waals surface area contributed by atoms with Crippen LogP contribution in [-0.2, 0) is 15.7 Å². The van der Waals surface area contributed by atoms with Gasteiger partial charge in [0.05, 0.1) is 17.9 Å². The van der Waals surface area contributed by atoms with Crippen LogP contribution in [0.1, 0.15) is 14.2 Å². The van der Waals surface area contributed by atoms with E-state index in [2.05, 4.69) is 14.2 Å². The van der Waals surface area contributed by atoms with Crippen molar-refractivity contribution in [2.45, 2.75) is 19.9 Å². The molecule has 0 amide bonds. The van der Waals surface area contributed by atoms with Crippen LogP contribution in [0.15, 0.2) is 53.3 Å². The summed E-state index contributed by atoms with van der Waals surface area (Å²) in [7, 11) is -4.79. The van der Waals surface area contributed by atoms with Gasteiger partial charge in [-0.1, -0.05) is 23.7 Å². The summed E-state index contributed by atoms with van der Waals surface area (Å²) in [6.45, 7) is 0.952. The van der Waals surface area contributed by atoms with Crippen LogP contribution in [-0.4, -0.2) is 21.1 Å². The first-order valence-electron chi connectivity index (χ1n) is 9.08. The third-order valence-electron chi connectivity index (χ3n) is 4.21. The maximum Gasteiger partial charge on any atom is 1.00 e. The molecule has 3 rings (SSSR count). The van der Waals surface area contributed by atoms with E-state index in [1.54, 1.807) is 0 Å². The topological polar surface area (TPSA) is 118 Å². The van der Waals surface area contributed by atoms with Crippen molar-refractivity contribution < 1.29 is 103 Å². The maximum absolute atomic E-state index is 12.7. The van der Waals surface area contributed by atoms with Gasteiger partial charge in [0.25, 0.3) is 0 Å². The molecule has 0 saturated carbocycles. The van der Waals surface area contributed by atoms with Crippen LogP contribution >= 0.6 is 19.4 Å². The van der Waals surface area contributed by atoms with Gasteiger partial charge in [-0.2, -0.15) is 0 Å². The number of phosphoric acid groups is 1. The van der Waals surface area contributed by atoms with Crippen molar-refractivity contribution in [3.05, 3.63) is 75.2 Å². The number of rotatable bonds is 7. The number of aryl methyl sites for hydroxylation is 1. The van der Waals surface area contributed by atoms with E-state index in [9.17, 15) is 22.5 Å². The first-order chi connectivity index (χ1) is 15.3. The number of hydrogen-bond donors (Lipinski definition) is 3. The average molecular weight is 554 g/mol. The van der Waals surface area contributed by atoms with Gasteiger partial charge in [0.1, 0.15) is 22.3 Å². The number of halogens is 4. The molecule has 0 fully saturated rings. The Morgan fingerprint density at radius 1 is 1.00 bits per heavy atom. The second-order valence-electron chi connectivity index (χ2n) is 6.66. The van der Waals surface area contributed by atoms with E-state index in [-0.39, 0.29) is 84.0 Å². The Labute approximate surface area is 249 Å². The molecule has 0 radical (unpaired) electrons. The number of nitrogens with one attached hydrogen (secondary N) is 1. The number of aromatic nitrogens is 1. The monoisotopic (exact) mass is 553 g/mol. The van der Waals surface area contributed by atoms with E-state index in [0.717, 1.165) is 12.1 Å². The first kappa shape index (κ1) is 32.2. The standard InChI is InChI=1S/C20H16ClF3NO7P.2Na.2H/c1-11-18(21)19(26)17(16(25-11)10-30-33(27,28)29)12-2-4-13(5-3-12)31-14-6-8-15(9-7-14)32-20(22,23)24;;;;/h2-9H,10H2,1H3,(H,25,26)(H2,27,28,29);;;;/q;2*+1;2*-1. The summed E-state index contributed by atoms with van der Waals surface area (Å²) in [4.78, 5) is 33.5. The number of aromatic amines is 1.